The van der Waals surface area contributed by atoms with Gasteiger partial charge in [-0.05, 0) is 49.9 Å². The Kier molecular flexibility index (Phi) is 1.77. The van der Waals surface area contributed by atoms with Gasteiger partial charge in [-0.15, -0.1) is 0 Å². The molecule has 5 bridgehead atoms. The molecule has 102 valence electrons. The summed E-state index contributed by atoms with van der Waals surface area (Å²) in [6.45, 7) is 5.42. The summed E-state index contributed by atoms with van der Waals surface area (Å²) >= 11 is 0. The number of rotatable bonds is 2. The van der Waals surface area contributed by atoms with Gasteiger partial charge in [-0.3, -0.25) is 0 Å². The topological polar surface area (TPSA) is 35.5 Å². The minimum absolute atomic E-state index is 0.131. The van der Waals surface area contributed by atoms with Crippen molar-refractivity contribution in [2.45, 2.75) is 50.4 Å². The molecule has 0 N–H and O–H groups in total. The highest BCUT2D eigenvalue weighted by atomic mass is 16.6. The Morgan fingerprint density at radius 1 is 1.32 bits per heavy atom. The second-order valence-electron chi connectivity index (χ2n) is 7.52. The molecule has 4 aliphatic carbocycles. The van der Waals surface area contributed by atoms with E-state index in [1.165, 1.54) is 19.3 Å². The molecule has 2 heterocycles. The molecule has 6 fully saturated rings. The Balaban J connectivity index is 1.41. The van der Waals surface area contributed by atoms with E-state index in [1.54, 1.807) is 6.92 Å². The van der Waals surface area contributed by atoms with Crippen LogP contribution in [0.4, 0.5) is 0 Å². The van der Waals surface area contributed by atoms with Gasteiger partial charge in [-0.25, -0.2) is 4.79 Å². The summed E-state index contributed by atoms with van der Waals surface area (Å²) in [5.74, 6) is 3.54. The number of esters is 1. The zero-order valence-electron chi connectivity index (χ0n) is 11.3. The summed E-state index contributed by atoms with van der Waals surface area (Å²) in [6, 6.07) is 0. The van der Waals surface area contributed by atoms with Crippen LogP contribution in [0.2, 0.25) is 0 Å². The van der Waals surface area contributed by atoms with Gasteiger partial charge < -0.3 is 9.47 Å². The Hall–Kier alpha value is -0.830. The molecule has 3 nitrogen and oxygen atoms in total. The predicted octanol–water partition coefficient (Wildman–Crippen LogP) is 2.31. The lowest BCUT2D eigenvalue weighted by Gasteiger charge is -2.54. The van der Waals surface area contributed by atoms with Crippen molar-refractivity contribution in [1.29, 1.82) is 0 Å². The zero-order chi connectivity index (χ0) is 12.9. The fourth-order valence-electron chi connectivity index (χ4n) is 6.34. The summed E-state index contributed by atoms with van der Waals surface area (Å²) in [5, 5.41) is 0. The van der Waals surface area contributed by atoms with Crippen LogP contribution in [-0.4, -0.2) is 23.8 Å². The van der Waals surface area contributed by atoms with Gasteiger partial charge in [0.2, 0.25) is 0 Å². The maximum absolute atomic E-state index is 11.8. The first kappa shape index (κ1) is 10.9. The summed E-state index contributed by atoms with van der Waals surface area (Å²) in [4.78, 5) is 11.8. The van der Waals surface area contributed by atoms with Crippen molar-refractivity contribution in [3.8, 4) is 0 Å². The van der Waals surface area contributed by atoms with Crippen LogP contribution in [-0.2, 0) is 14.3 Å². The maximum atomic E-state index is 11.8. The van der Waals surface area contributed by atoms with E-state index in [9.17, 15) is 4.79 Å². The first-order valence-electron chi connectivity index (χ1n) is 7.63. The predicted molar refractivity (Wildman–Crippen MR) is 68.2 cm³/mol. The number of ether oxygens (including phenoxy) is 2. The molecule has 6 aliphatic rings. The van der Waals surface area contributed by atoms with Gasteiger partial charge in [0.1, 0.15) is 6.10 Å². The molecule has 6 rings (SSSR count). The third kappa shape index (κ3) is 1.09. The van der Waals surface area contributed by atoms with E-state index in [-0.39, 0.29) is 17.7 Å². The minimum atomic E-state index is -0.206. The molecule has 4 saturated carbocycles. The lowest BCUT2D eigenvalue weighted by atomic mass is 9.65. The normalized spacial score (nSPS) is 58.9. The fourth-order valence-corrected chi connectivity index (χ4v) is 6.34. The van der Waals surface area contributed by atoms with Gasteiger partial charge in [-0.1, -0.05) is 6.58 Å². The summed E-state index contributed by atoms with van der Waals surface area (Å²) in [6.07, 6.45) is 5.63. The SMILES string of the molecule is C=C(C)C(=O)OC1CC2CC1C1C2C2CC13CC2O3. The van der Waals surface area contributed by atoms with Crippen LogP contribution in [0.15, 0.2) is 12.2 Å². The largest absolute Gasteiger partial charge is 0.459 e. The van der Waals surface area contributed by atoms with Crippen LogP contribution >= 0.6 is 0 Å². The van der Waals surface area contributed by atoms with E-state index in [0.717, 1.165) is 24.2 Å². The Labute approximate surface area is 113 Å². The average Bonchev–Trinajstić information content (AvgIpc) is 3.06. The molecule has 0 aromatic carbocycles. The molecule has 2 aliphatic heterocycles. The van der Waals surface area contributed by atoms with Crippen LogP contribution in [0, 0.1) is 29.6 Å². The van der Waals surface area contributed by atoms with Gasteiger partial charge in [0, 0.05) is 17.9 Å². The van der Waals surface area contributed by atoms with Crippen LogP contribution in [0.25, 0.3) is 0 Å². The zero-order valence-corrected chi connectivity index (χ0v) is 11.3. The number of fused-ring (bicyclic) bond motifs is 5. The molecule has 0 radical (unpaired) electrons. The monoisotopic (exact) mass is 260 g/mol. The Bertz CT molecular complexity index is 490. The Morgan fingerprint density at radius 2 is 2.11 bits per heavy atom. The summed E-state index contributed by atoms with van der Waals surface area (Å²) in [5.41, 5.74) is 0.721. The Morgan fingerprint density at radius 3 is 2.84 bits per heavy atom. The van der Waals surface area contributed by atoms with Crippen molar-refractivity contribution < 1.29 is 14.3 Å². The highest BCUT2D eigenvalue weighted by Crippen LogP contribution is 2.75. The van der Waals surface area contributed by atoms with Crippen LogP contribution in [0.3, 0.4) is 0 Å². The van der Waals surface area contributed by atoms with Crippen molar-refractivity contribution in [1.82, 2.24) is 0 Å². The molecule has 0 aromatic heterocycles. The molecule has 8 unspecified atom stereocenters. The lowest BCUT2D eigenvalue weighted by Crippen LogP contribution is -2.58. The smallest absolute Gasteiger partial charge is 0.333 e. The molecule has 0 amide bonds. The van der Waals surface area contributed by atoms with Crippen molar-refractivity contribution in [3.05, 3.63) is 12.2 Å². The van der Waals surface area contributed by atoms with E-state index < -0.39 is 0 Å². The van der Waals surface area contributed by atoms with Gasteiger partial charge in [0.05, 0.1) is 11.7 Å². The average molecular weight is 260 g/mol. The van der Waals surface area contributed by atoms with Crippen LogP contribution in [0.1, 0.15) is 32.6 Å². The van der Waals surface area contributed by atoms with Gasteiger partial charge in [0.15, 0.2) is 0 Å². The fraction of sp³-hybridized carbons (Fsp3) is 0.812. The molecular formula is C16H20O3. The number of hydrogen-bond donors (Lipinski definition) is 0. The number of carbonyl (C=O) groups is 1. The van der Waals surface area contributed by atoms with Gasteiger partial charge in [0.25, 0.3) is 0 Å². The molecule has 3 heteroatoms. The second kappa shape index (κ2) is 3.08. The molecule has 19 heavy (non-hydrogen) atoms. The van der Waals surface area contributed by atoms with Crippen molar-refractivity contribution in [2.24, 2.45) is 29.6 Å². The van der Waals surface area contributed by atoms with E-state index in [4.69, 9.17) is 9.47 Å². The first-order chi connectivity index (χ1) is 9.09. The standard InChI is InChI=1S/C16H20O3/c1-7(2)15(17)18-11-4-8-3-9(11)14-13(8)10-5-16(14)6-12(10)19-16/h8-14H,1,3-6H2,2H3. The third-order valence-corrected chi connectivity index (χ3v) is 6.71. The van der Waals surface area contributed by atoms with Crippen LogP contribution in [0.5, 0.6) is 0 Å². The van der Waals surface area contributed by atoms with Crippen molar-refractivity contribution in [2.75, 3.05) is 0 Å². The van der Waals surface area contributed by atoms with Gasteiger partial charge in [-0.2, -0.15) is 0 Å². The van der Waals surface area contributed by atoms with Crippen molar-refractivity contribution in [3.63, 3.8) is 0 Å². The lowest BCUT2D eigenvalue weighted by molar-refractivity contribution is -0.242. The van der Waals surface area contributed by atoms with Gasteiger partial charge >= 0.3 is 5.97 Å². The first-order valence-corrected chi connectivity index (χ1v) is 7.63. The molecule has 0 aromatic rings. The molecule has 2 saturated heterocycles. The number of hydrogen-bond acceptors (Lipinski definition) is 3. The molecule has 1 spiro atoms. The summed E-state index contributed by atoms with van der Waals surface area (Å²) < 4.78 is 11.8. The minimum Gasteiger partial charge on any atom is -0.459 e. The highest BCUT2D eigenvalue weighted by molar-refractivity contribution is 5.87. The summed E-state index contributed by atoms with van der Waals surface area (Å²) in [7, 11) is 0. The highest BCUT2D eigenvalue weighted by Gasteiger charge is 2.77. The third-order valence-electron chi connectivity index (χ3n) is 6.71. The van der Waals surface area contributed by atoms with E-state index in [2.05, 4.69) is 6.58 Å². The van der Waals surface area contributed by atoms with E-state index >= 15 is 0 Å². The quantitative estimate of drug-likeness (QED) is 0.564. The molecular weight excluding hydrogens is 240 g/mol. The number of carbonyl (C=O) groups excluding carboxylic acids is 1. The second-order valence-corrected chi connectivity index (χ2v) is 7.52. The van der Waals surface area contributed by atoms with E-state index in [1.807, 2.05) is 0 Å². The molecule has 8 atom stereocenters. The van der Waals surface area contributed by atoms with Crippen molar-refractivity contribution >= 4 is 5.97 Å². The van der Waals surface area contributed by atoms with E-state index in [0.29, 0.717) is 23.5 Å². The maximum Gasteiger partial charge on any atom is 0.333 e. The van der Waals surface area contributed by atoms with Crippen LogP contribution < -0.4 is 0 Å².